The summed E-state index contributed by atoms with van der Waals surface area (Å²) in [6, 6.07) is 10.3. The van der Waals surface area contributed by atoms with Crippen LogP contribution in [0.25, 0.3) is 0 Å². The van der Waals surface area contributed by atoms with Crippen molar-refractivity contribution in [1.29, 1.82) is 0 Å². The van der Waals surface area contributed by atoms with Crippen molar-refractivity contribution in [2.75, 3.05) is 0 Å². The molecule has 0 radical (unpaired) electrons. The van der Waals surface area contributed by atoms with Gasteiger partial charge in [-0.25, -0.2) is 4.98 Å². The first-order chi connectivity index (χ1) is 8.16. The lowest BCUT2D eigenvalue weighted by molar-refractivity contribution is -0.385. The van der Waals surface area contributed by atoms with E-state index >= 15 is 0 Å². The predicted molar refractivity (Wildman–Crippen MR) is 62.1 cm³/mol. The smallest absolute Gasteiger partial charge is 0.287 e. The van der Waals surface area contributed by atoms with Crippen molar-refractivity contribution in [3.05, 3.63) is 58.3 Å². The molecule has 0 amide bonds. The summed E-state index contributed by atoms with van der Waals surface area (Å²) in [6.45, 7) is 1.92. The van der Waals surface area contributed by atoms with E-state index in [0.717, 1.165) is 5.56 Å². The van der Waals surface area contributed by atoms with Gasteiger partial charge in [-0.05, 0) is 18.6 Å². The van der Waals surface area contributed by atoms with Gasteiger partial charge >= 0.3 is 0 Å². The van der Waals surface area contributed by atoms with Crippen molar-refractivity contribution in [3.63, 3.8) is 0 Å². The van der Waals surface area contributed by atoms with Crippen LogP contribution in [0, 0.1) is 17.0 Å². The zero-order chi connectivity index (χ0) is 12.3. The highest BCUT2D eigenvalue weighted by Crippen LogP contribution is 2.23. The fraction of sp³-hybridized carbons (Fsp3) is 0.0833. The molecular formula is C12H10N2O3. The normalized spacial score (nSPS) is 9.94. The van der Waals surface area contributed by atoms with Crippen LogP contribution in [-0.2, 0) is 0 Å². The van der Waals surface area contributed by atoms with E-state index in [0.29, 0.717) is 11.6 Å². The third kappa shape index (κ3) is 2.57. The number of aromatic nitrogens is 1. The first-order valence-corrected chi connectivity index (χ1v) is 5.01. The van der Waals surface area contributed by atoms with Crippen LogP contribution in [0.4, 0.5) is 5.69 Å². The molecule has 0 saturated carbocycles. The summed E-state index contributed by atoms with van der Waals surface area (Å²) in [5.74, 6) is 1.03. The van der Waals surface area contributed by atoms with Crippen LogP contribution >= 0.6 is 0 Å². The van der Waals surface area contributed by atoms with Crippen LogP contribution in [-0.4, -0.2) is 9.91 Å². The van der Waals surface area contributed by atoms with Crippen molar-refractivity contribution in [1.82, 2.24) is 4.98 Å². The van der Waals surface area contributed by atoms with Crippen molar-refractivity contribution in [3.8, 4) is 11.6 Å². The van der Waals surface area contributed by atoms with Gasteiger partial charge in [-0.15, -0.1) is 0 Å². The zero-order valence-corrected chi connectivity index (χ0v) is 9.16. The summed E-state index contributed by atoms with van der Waals surface area (Å²) in [4.78, 5) is 13.8. The lowest BCUT2D eigenvalue weighted by Crippen LogP contribution is -1.92. The van der Waals surface area contributed by atoms with Crippen LogP contribution in [0.3, 0.4) is 0 Å². The minimum atomic E-state index is -0.495. The minimum Gasteiger partial charge on any atom is -0.439 e. The molecule has 0 aliphatic heterocycles. The highest BCUT2D eigenvalue weighted by Gasteiger charge is 2.07. The molecule has 0 fully saturated rings. The number of rotatable bonds is 3. The molecule has 17 heavy (non-hydrogen) atoms. The van der Waals surface area contributed by atoms with Crippen LogP contribution in [0.5, 0.6) is 11.6 Å². The molecule has 1 aromatic carbocycles. The largest absolute Gasteiger partial charge is 0.439 e. The number of nitro groups is 1. The summed E-state index contributed by atoms with van der Waals surface area (Å²) < 4.78 is 5.51. The first-order valence-electron chi connectivity index (χ1n) is 5.01. The predicted octanol–water partition coefficient (Wildman–Crippen LogP) is 3.09. The lowest BCUT2D eigenvalue weighted by atomic mass is 10.2. The SMILES string of the molecule is Cc1ccccc1Oc1ccc([N+](=O)[O-])cn1. The second-order valence-electron chi connectivity index (χ2n) is 3.48. The Morgan fingerprint density at radius 1 is 1.24 bits per heavy atom. The number of pyridine rings is 1. The molecule has 2 aromatic rings. The fourth-order valence-corrected chi connectivity index (χ4v) is 1.32. The Balaban J connectivity index is 2.20. The van der Waals surface area contributed by atoms with Gasteiger partial charge in [0.25, 0.3) is 5.69 Å². The first kappa shape index (κ1) is 11.1. The Bertz CT molecular complexity index is 538. The van der Waals surface area contributed by atoms with Crippen LogP contribution in [0.2, 0.25) is 0 Å². The molecule has 1 aromatic heterocycles. The molecule has 0 N–H and O–H groups in total. The molecule has 0 unspecified atom stereocenters. The quantitative estimate of drug-likeness (QED) is 0.600. The third-order valence-corrected chi connectivity index (χ3v) is 2.24. The molecule has 2 rings (SSSR count). The van der Waals surface area contributed by atoms with Gasteiger partial charge in [-0.2, -0.15) is 0 Å². The molecular weight excluding hydrogens is 220 g/mol. The van der Waals surface area contributed by atoms with Crippen molar-refractivity contribution < 1.29 is 9.66 Å². The molecule has 0 bridgehead atoms. The van der Waals surface area contributed by atoms with E-state index in [2.05, 4.69) is 4.98 Å². The molecule has 0 spiro atoms. The number of hydrogen-bond acceptors (Lipinski definition) is 4. The molecule has 1 heterocycles. The van der Waals surface area contributed by atoms with Crippen molar-refractivity contribution in [2.24, 2.45) is 0 Å². The standard InChI is InChI=1S/C12H10N2O3/c1-9-4-2-3-5-11(9)17-12-7-6-10(8-13-12)14(15)16/h2-8H,1H3. The molecule has 0 aliphatic rings. The molecule has 5 heteroatoms. The fourth-order valence-electron chi connectivity index (χ4n) is 1.32. The van der Waals surface area contributed by atoms with Gasteiger partial charge in [0, 0.05) is 12.1 Å². The summed E-state index contributed by atoms with van der Waals surface area (Å²) in [6.07, 6.45) is 1.17. The highest BCUT2D eigenvalue weighted by atomic mass is 16.6. The number of nitrogens with zero attached hydrogens (tertiary/aromatic N) is 2. The topological polar surface area (TPSA) is 65.3 Å². The van der Waals surface area contributed by atoms with Gasteiger partial charge in [0.15, 0.2) is 0 Å². The third-order valence-electron chi connectivity index (χ3n) is 2.24. The summed E-state index contributed by atoms with van der Waals surface area (Å²) >= 11 is 0. The Labute approximate surface area is 97.8 Å². The van der Waals surface area contributed by atoms with Gasteiger partial charge in [-0.1, -0.05) is 18.2 Å². The summed E-state index contributed by atoms with van der Waals surface area (Å²) in [5.41, 5.74) is 0.926. The van der Waals surface area contributed by atoms with Crippen molar-refractivity contribution >= 4 is 5.69 Å². The maximum atomic E-state index is 10.4. The average molecular weight is 230 g/mol. The molecule has 0 atom stereocenters. The van der Waals surface area contributed by atoms with E-state index in [1.807, 2.05) is 31.2 Å². The van der Waals surface area contributed by atoms with Crippen LogP contribution in [0.15, 0.2) is 42.6 Å². The number of para-hydroxylation sites is 1. The molecule has 0 aliphatic carbocycles. The lowest BCUT2D eigenvalue weighted by Gasteiger charge is -2.06. The van der Waals surface area contributed by atoms with Gasteiger partial charge < -0.3 is 4.74 Å². The maximum Gasteiger partial charge on any atom is 0.287 e. The Morgan fingerprint density at radius 2 is 2.00 bits per heavy atom. The monoisotopic (exact) mass is 230 g/mol. The van der Waals surface area contributed by atoms with Crippen LogP contribution < -0.4 is 4.74 Å². The molecule has 5 nitrogen and oxygen atoms in total. The van der Waals surface area contributed by atoms with Gasteiger partial charge in [0.2, 0.25) is 5.88 Å². The number of aryl methyl sites for hydroxylation is 1. The van der Waals surface area contributed by atoms with E-state index in [1.54, 1.807) is 0 Å². The summed E-state index contributed by atoms with van der Waals surface area (Å²) in [5, 5.41) is 10.4. The summed E-state index contributed by atoms with van der Waals surface area (Å²) in [7, 11) is 0. The number of hydrogen-bond donors (Lipinski definition) is 0. The van der Waals surface area contributed by atoms with Gasteiger partial charge in [-0.3, -0.25) is 10.1 Å². The average Bonchev–Trinajstić information content (AvgIpc) is 2.33. The van der Waals surface area contributed by atoms with E-state index in [1.165, 1.54) is 18.3 Å². The number of ether oxygens (including phenoxy) is 1. The van der Waals surface area contributed by atoms with Crippen molar-refractivity contribution in [2.45, 2.75) is 6.92 Å². The molecule has 86 valence electrons. The van der Waals surface area contributed by atoms with E-state index in [4.69, 9.17) is 4.74 Å². The second kappa shape index (κ2) is 4.61. The van der Waals surface area contributed by atoms with E-state index in [-0.39, 0.29) is 5.69 Å². The Hall–Kier alpha value is -2.43. The highest BCUT2D eigenvalue weighted by molar-refractivity contribution is 5.36. The molecule has 0 saturated heterocycles. The Morgan fingerprint density at radius 3 is 2.59 bits per heavy atom. The van der Waals surface area contributed by atoms with Gasteiger partial charge in [0.05, 0.1) is 4.92 Å². The van der Waals surface area contributed by atoms with Gasteiger partial charge in [0.1, 0.15) is 11.9 Å². The zero-order valence-electron chi connectivity index (χ0n) is 9.16. The maximum absolute atomic E-state index is 10.4. The number of benzene rings is 1. The van der Waals surface area contributed by atoms with E-state index < -0.39 is 4.92 Å². The Kier molecular flexibility index (Phi) is 3.00. The van der Waals surface area contributed by atoms with E-state index in [9.17, 15) is 10.1 Å². The minimum absolute atomic E-state index is 0.0536. The van der Waals surface area contributed by atoms with Crippen LogP contribution in [0.1, 0.15) is 5.56 Å². The second-order valence-corrected chi connectivity index (χ2v) is 3.48.